The summed E-state index contributed by atoms with van der Waals surface area (Å²) < 4.78 is 5.93. The monoisotopic (exact) mass is 269 g/mol. The first-order chi connectivity index (χ1) is 7.24. The minimum atomic E-state index is -0.0201. The van der Waals surface area contributed by atoms with Gasteiger partial charge in [0.1, 0.15) is 5.75 Å². The van der Waals surface area contributed by atoms with E-state index in [1.165, 1.54) is 0 Å². The van der Waals surface area contributed by atoms with Gasteiger partial charge in [0.25, 0.3) is 5.91 Å². The quantitative estimate of drug-likeness (QED) is 0.849. The van der Waals surface area contributed by atoms with E-state index in [1.807, 2.05) is 12.1 Å². The lowest BCUT2D eigenvalue weighted by Crippen LogP contribution is -2.23. The van der Waals surface area contributed by atoms with E-state index in [1.54, 1.807) is 7.11 Å². The second-order valence-corrected chi connectivity index (χ2v) is 4.27. The molecule has 3 nitrogen and oxygen atoms in total. The van der Waals surface area contributed by atoms with Gasteiger partial charge < -0.3 is 10.1 Å². The molecule has 0 atom stereocenters. The van der Waals surface area contributed by atoms with E-state index in [9.17, 15) is 4.79 Å². The van der Waals surface area contributed by atoms with Gasteiger partial charge in [-0.25, -0.2) is 0 Å². The maximum Gasteiger partial charge on any atom is 0.252 e. The molecule has 1 amide bonds. The Morgan fingerprint density at radius 3 is 3.00 bits per heavy atom. The van der Waals surface area contributed by atoms with Crippen molar-refractivity contribution in [1.29, 1.82) is 0 Å². The predicted octanol–water partition coefficient (Wildman–Crippen LogP) is 2.13. The van der Waals surface area contributed by atoms with Crippen LogP contribution in [0.2, 0.25) is 0 Å². The lowest BCUT2D eigenvalue weighted by Gasteiger charge is -2.10. The molecule has 0 radical (unpaired) electrons. The Labute approximate surface area is 96.9 Å². The van der Waals surface area contributed by atoms with Gasteiger partial charge in [0.2, 0.25) is 0 Å². The number of halogens is 1. The van der Waals surface area contributed by atoms with Crippen LogP contribution < -0.4 is 10.1 Å². The molecule has 4 heteroatoms. The van der Waals surface area contributed by atoms with E-state index in [0.717, 1.165) is 29.4 Å². The van der Waals surface area contributed by atoms with Gasteiger partial charge in [-0.3, -0.25) is 4.79 Å². The summed E-state index contributed by atoms with van der Waals surface area (Å²) in [6.45, 7) is 0.738. The van der Waals surface area contributed by atoms with Crippen molar-refractivity contribution in [2.75, 3.05) is 13.7 Å². The Kier molecular flexibility index (Phi) is 2.95. The molecule has 15 heavy (non-hydrogen) atoms. The normalized spacial score (nSPS) is 15.2. The lowest BCUT2D eigenvalue weighted by molar-refractivity contribution is 0.0955. The average molecular weight is 270 g/mol. The van der Waals surface area contributed by atoms with Crippen LogP contribution in [-0.4, -0.2) is 19.6 Å². The molecule has 0 saturated carbocycles. The van der Waals surface area contributed by atoms with Crippen LogP contribution in [0.3, 0.4) is 0 Å². The number of aryl methyl sites for hydroxylation is 1. The van der Waals surface area contributed by atoms with Gasteiger partial charge in [0.15, 0.2) is 0 Å². The Hall–Kier alpha value is -1.03. The van der Waals surface area contributed by atoms with Gasteiger partial charge in [0.05, 0.1) is 17.1 Å². The Bertz CT molecular complexity index is 404. The zero-order valence-electron chi connectivity index (χ0n) is 8.47. The van der Waals surface area contributed by atoms with Gasteiger partial charge in [0, 0.05) is 6.54 Å². The SMILES string of the molecule is COc1ccc2c(c1Br)C(=O)NCCC2. The van der Waals surface area contributed by atoms with Crippen LogP contribution in [-0.2, 0) is 6.42 Å². The van der Waals surface area contributed by atoms with Crippen LogP contribution in [0, 0.1) is 0 Å². The second kappa shape index (κ2) is 4.23. The first-order valence-corrected chi connectivity index (χ1v) is 5.67. The van der Waals surface area contributed by atoms with Crippen LogP contribution in [0.15, 0.2) is 16.6 Å². The molecule has 0 aliphatic carbocycles. The first-order valence-electron chi connectivity index (χ1n) is 4.87. The van der Waals surface area contributed by atoms with Crippen molar-refractivity contribution in [2.24, 2.45) is 0 Å². The summed E-state index contributed by atoms with van der Waals surface area (Å²) in [4.78, 5) is 11.8. The summed E-state index contributed by atoms with van der Waals surface area (Å²) in [7, 11) is 1.60. The number of nitrogens with one attached hydrogen (secondary N) is 1. The van der Waals surface area contributed by atoms with Crippen molar-refractivity contribution in [3.8, 4) is 5.75 Å². The molecule has 1 aliphatic rings. The maximum absolute atomic E-state index is 11.8. The lowest BCUT2D eigenvalue weighted by atomic mass is 10.0. The zero-order chi connectivity index (χ0) is 10.8. The molecular weight excluding hydrogens is 258 g/mol. The van der Waals surface area contributed by atoms with Gasteiger partial charge >= 0.3 is 0 Å². The van der Waals surface area contributed by atoms with Crippen molar-refractivity contribution in [1.82, 2.24) is 5.32 Å². The molecule has 1 heterocycles. The van der Waals surface area contributed by atoms with Gasteiger partial charge in [-0.1, -0.05) is 6.07 Å². The van der Waals surface area contributed by atoms with Crippen molar-refractivity contribution >= 4 is 21.8 Å². The third kappa shape index (κ3) is 1.86. The number of fused-ring (bicyclic) bond motifs is 1. The highest BCUT2D eigenvalue weighted by Gasteiger charge is 2.20. The number of methoxy groups -OCH3 is 1. The summed E-state index contributed by atoms with van der Waals surface area (Å²) in [5, 5.41) is 2.87. The van der Waals surface area contributed by atoms with Crippen LogP contribution in [0.4, 0.5) is 0 Å². The number of carbonyl (C=O) groups excluding carboxylic acids is 1. The maximum atomic E-state index is 11.8. The fourth-order valence-corrected chi connectivity index (χ4v) is 2.51. The standard InChI is InChI=1S/C11H12BrNO2/c1-15-8-5-4-7-3-2-6-13-11(14)9(7)10(8)12/h4-5H,2-3,6H2,1H3,(H,13,14). The largest absolute Gasteiger partial charge is 0.496 e. The third-order valence-electron chi connectivity index (χ3n) is 2.55. The van der Waals surface area contributed by atoms with Crippen LogP contribution >= 0.6 is 15.9 Å². The minimum Gasteiger partial charge on any atom is -0.496 e. The molecule has 0 fully saturated rings. The van der Waals surface area contributed by atoms with E-state index in [-0.39, 0.29) is 5.91 Å². The molecule has 1 N–H and O–H groups in total. The molecule has 0 bridgehead atoms. The van der Waals surface area contributed by atoms with Crippen molar-refractivity contribution in [3.63, 3.8) is 0 Å². The second-order valence-electron chi connectivity index (χ2n) is 3.48. The smallest absolute Gasteiger partial charge is 0.252 e. The first kappa shape index (κ1) is 10.5. The topological polar surface area (TPSA) is 38.3 Å². The highest BCUT2D eigenvalue weighted by Crippen LogP contribution is 2.32. The molecule has 0 spiro atoms. The number of benzene rings is 1. The summed E-state index contributed by atoms with van der Waals surface area (Å²) >= 11 is 3.42. The summed E-state index contributed by atoms with van der Waals surface area (Å²) in [5.74, 6) is 0.680. The Balaban J connectivity index is 2.57. The van der Waals surface area contributed by atoms with Crippen molar-refractivity contribution in [2.45, 2.75) is 12.8 Å². The average Bonchev–Trinajstić information content (AvgIpc) is 2.41. The van der Waals surface area contributed by atoms with E-state index in [2.05, 4.69) is 21.2 Å². The zero-order valence-corrected chi connectivity index (χ0v) is 10.1. The summed E-state index contributed by atoms with van der Waals surface area (Å²) in [5.41, 5.74) is 1.80. The fraction of sp³-hybridized carbons (Fsp3) is 0.364. The highest BCUT2D eigenvalue weighted by molar-refractivity contribution is 9.10. The number of rotatable bonds is 1. The van der Waals surface area contributed by atoms with Gasteiger partial charge in [-0.2, -0.15) is 0 Å². The molecule has 0 aromatic heterocycles. The predicted molar refractivity (Wildman–Crippen MR) is 61.3 cm³/mol. The molecule has 0 unspecified atom stereocenters. The fourth-order valence-electron chi connectivity index (χ4n) is 1.78. The number of amides is 1. The van der Waals surface area contributed by atoms with E-state index in [0.29, 0.717) is 11.3 Å². The van der Waals surface area contributed by atoms with Gasteiger partial charge in [-0.05, 0) is 40.4 Å². The van der Waals surface area contributed by atoms with Crippen LogP contribution in [0.1, 0.15) is 22.3 Å². The Morgan fingerprint density at radius 2 is 2.27 bits per heavy atom. The summed E-state index contributed by atoms with van der Waals surface area (Å²) in [6.07, 6.45) is 1.91. The number of hydrogen-bond acceptors (Lipinski definition) is 2. The molecular formula is C11H12BrNO2. The molecule has 80 valence electrons. The molecule has 1 aromatic carbocycles. The number of carbonyl (C=O) groups is 1. The van der Waals surface area contributed by atoms with Gasteiger partial charge in [-0.15, -0.1) is 0 Å². The van der Waals surface area contributed by atoms with E-state index >= 15 is 0 Å². The van der Waals surface area contributed by atoms with E-state index < -0.39 is 0 Å². The van der Waals surface area contributed by atoms with Crippen LogP contribution in [0.25, 0.3) is 0 Å². The van der Waals surface area contributed by atoms with Crippen molar-refractivity contribution in [3.05, 3.63) is 27.7 Å². The van der Waals surface area contributed by atoms with Crippen LogP contribution in [0.5, 0.6) is 5.75 Å². The molecule has 2 rings (SSSR count). The highest BCUT2D eigenvalue weighted by atomic mass is 79.9. The van der Waals surface area contributed by atoms with Crippen molar-refractivity contribution < 1.29 is 9.53 Å². The number of hydrogen-bond donors (Lipinski definition) is 1. The number of ether oxygens (including phenoxy) is 1. The van der Waals surface area contributed by atoms with E-state index in [4.69, 9.17) is 4.74 Å². The molecule has 0 saturated heterocycles. The molecule has 1 aromatic rings. The molecule has 1 aliphatic heterocycles. The summed E-state index contributed by atoms with van der Waals surface area (Å²) in [6, 6.07) is 3.85. The Morgan fingerprint density at radius 1 is 1.47 bits per heavy atom. The minimum absolute atomic E-state index is 0.0201. The third-order valence-corrected chi connectivity index (χ3v) is 3.34.